The molecule has 0 aliphatic carbocycles. The molecule has 1 aromatic rings. The van der Waals surface area contributed by atoms with Crippen LogP contribution < -0.4 is 15.2 Å². The van der Waals surface area contributed by atoms with Gasteiger partial charge in [-0.1, -0.05) is 6.07 Å². The summed E-state index contributed by atoms with van der Waals surface area (Å²) in [6.07, 6.45) is 2.69. The molecule has 1 heterocycles. The van der Waals surface area contributed by atoms with Gasteiger partial charge in [0.05, 0.1) is 0 Å². The predicted molar refractivity (Wildman–Crippen MR) is 80.1 cm³/mol. The first kappa shape index (κ1) is 16.1. The number of ketones is 1. The Kier molecular flexibility index (Phi) is 5.00. The lowest BCUT2D eigenvalue weighted by atomic mass is 10.1. The standard InChI is InChI=1S/C16H14N2O5/c1-10(18)12(7-17)13(19)8-21-16(20)5-3-11-2-4-14-15(6-11)23-9-22-14/h2-6H,8-9,18H2,1H3/b5-3+,12-10-. The molecule has 0 radical (unpaired) electrons. The number of esters is 1. The number of carbonyl (C=O) groups is 2. The molecule has 7 nitrogen and oxygen atoms in total. The second kappa shape index (κ2) is 7.13. The first-order valence-electron chi connectivity index (χ1n) is 6.65. The van der Waals surface area contributed by atoms with Crippen molar-refractivity contribution in [3.63, 3.8) is 0 Å². The Morgan fingerprint density at radius 2 is 2.13 bits per heavy atom. The molecular formula is C16H14N2O5. The van der Waals surface area contributed by atoms with Crippen molar-refractivity contribution >= 4 is 17.8 Å². The average Bonchev–Trinajstić information content (AvgIpc) is 2.98. The summed E-state index contributed by atoms with van der Waals surface area (Å²) in [4.78, 5) is 23.2. The Labute approximate surface area is 132 Å². The van der Waals surface area contributed by atoms with E-state index < -0.39 is 18.4 Å². The highest BCUT2D eigenvalue weighted by Gasteiger charge is 2.14. The van der Waals surface area contributed by atoms with Crippen LogP contribution in [0.5, 0.6) is 11.5 Å². The molecule has 0 spiro atoms. The second-order valence-electron chi connectivity index (χ2n) is 4.65. The van der Waals surface area contributed by atoms with E-state index in [0.29, 0.717) is 17.1 Å². The maximum Gasteiger partial charge on any atom is 0.331 e. The molecule has 0 atom stereocenters. The molecule has 7 heteroatoms. The van der Waals surface area contributed by atoms with Crippen molar-refractivity contribution in [1.82, 2.24) is 0 Å². The van der Waals surface area contributed by atoms with Crippen LogP contribution >= 0.6 is 0 Å². The fourth-order valence-corrected chi connectivity index (χ4v) is 1.81. The van der Waals surface area contributed by atoms with Crippen molar-refractivity contribution in [1.29, 1.82) is 5.26 Å². The lowest BCUT2D eigenvalue weighted by Gasteiger charge is -2.02. The van der Waals surface area contributed by atoms with Gasteiger partial charge in [0.1, 0.15) is 11.6 Å². The van der Waals surface area contributed by atoms with Crippen LogP contribution in [0.15, 0.2) is 35.5 Å². The van der Waals surface area contributed by atoms with Gasteiger partial charge in [-0.25, -0.2) is 4.79 Å². The maximum atomic E-state index is 11.6. The van der Waals surface area contributed by atoms with E-state index in [9.17, 15) is 9.59 Å². The van der Waals surface area contributed by atoms with Crippen molar-refractivity contribution in [3.05, 3.63) is 41.1 Å². The van der Waals surface area contributed by atoms with Gasteiger partial charge in [0.2, 0.25) is 12.6 Å². The highest BCUT2D eigenvalue weighted by molar-refractivity contribution is 6.01. The SMILES string of the molecule is C/C(N)=C(\C#N)C(=O)COC(=O)/C=C/c1ccc2c(c1)OCO2. The van der Waals surface area contributed by atoms with Crippen molar-refractivity contribution < 1.29 is 23.8 Å². The van der Waals surface area contributed by atoms with Crippen LogP contribution in [-0.4, -0.2) is 25.2 Å². The summed E-state index contributed by atoms with van der Waals surface area (Å²) < 4.78 is 15.2. The number of ether oxygens (including phenoxy) is 3. The molecule has 23 heavy (non-hydrogen) atoms. The Bertz CT molecular complexity index is 739. The number of hydrogen-bond donors (Lipinski definition) is 1. The molecular weight excluding hydrogens is 300 g/mol. The van der Waals surface area contributed by atoms with Gasteiger partial charge >= 0.3 is 5.97 Å². The molecule has 0 unspecified atom stereocenters. The third-order valence-electron chi connectivity index (χ3n) is 2.94. The lowest BCUT2D eigenvalue weighted by Crippen LogP contribution is -2.16. The van der Waals surface area contributed by atoms with Gasteiger partial charge in [-0.3, -0.25) is 4.79 Å². The minimum absolute atomic E-state index is 0.0875. The highest BCUT2D eigenvalue weighted by atomic mass is 16.7. The van der Waals surface area contributed by atoms with E-state index in [4.69, 9.17) is 25.2 Å². The topological polar surface area (TPSA) is 112 Å². The normalized spacial score (nSPS) is 13.4. The van der Waals surface area contributed by atoms with E-state index in [2.05, 4.69) is 0 Å². The Balaban J connectivity index is 1.91. The summed E-state index contributed by atoms with van der Waals surface area (Å²) in [6.45, 7) is 1.06. The van der Waals surface area contributed by atoms with Crippen LogP contribution in [0.1, 0.15) is 12.5 Å². The lowest BCUT2D eigenvalue weighted by molar-refractivity contribution is -0.141. The summed E-state index contributed by atoms with van der Waals surface area (Å²) in [5.74, 6) is -0.110. The number of hydrogen-bond acceptors (Lipinski definition) is 7. The van der Waals surface area contributed by atoms with Crippen LogP contribution in [0, 0.1) is 11.3 Å². The van der Waals surface area contributed by atoms with Crippen molar-refractivity contribution in [2.45, 2.75) is 6.92 Å². The van der Waals surface area contributed by atoms with E-state index in [1.165, 1.54) is 19.1 Å². The highest BCUT2D eigenvalue weighted by Crippen LogP contribution is 2.32. The number of benzene rings is 1. The number of nitrogens with two attached hydrogens (primary N) is 1. The van der Waals surface area contributed by atoms with Gasteiger partial charge in [0, 0.05) is 11.8 Å². The Morgan fingerprint density at radius 3 is 2.83 bits per heavy atom. The average molecular weight is 314 g/mol. The number of nitrogens with zero attached hydrogens (tertiary/aromatic N) is 1. The van der Waals surface area contributed by atoms with Crippen LogP contribution in [0.2, 0.25) is 0 Å². The van der Waals surface area contributed by atoms with E-state index in [1.54, 1.807) is 24.3 Å². The third-order valence-corrected chi connectivity index (χ3v) is 2.94. The van der Waals surface area contributed by atoms with Gasteiger partial charge in [-0.15, -0.1) is 0 Å². The maximum absolute atomic E-state index is 11.6. The first-order chi connectivity index (χ1) is 11.0. The minimum atomic E-state index is -0.706. The summed E-state index contributed by atoms with van der Waals surface area (Å²) in [6, 6.07) is 6.86. The van der Waals surface area contributed by atoms with Gasteiger partial charge in [-0.2, -0.15) is 5.26 Å². The third kappa shape index (κ3) is 4.11. The van der Waals surface area contributed by atoms with E-state index >= 15 is 0 Å². The molecule has 0 fully saturated rings. The largest absolute Gasteiger partial charge is 0.454 e. The van der Waals surface area contributed by atoms with E-state index in [-0.39, 0.29) is 18.1 Å². The molecule has 118 valence electrons. The molecule has 0 amide bonds. The molecule has 1 aliphatic heterocycles. The first-order valence-corrected chi connectivity index (χ1v) is 6.65. The number of Topliss-reactive ketones (excluding diaryl/α,β-unsaturated/α-hetero) is 1. The fourth-order valence-electron chi connectivity index (χ4n) is 1.81. The monoisotopic (exact) mass is 314 g/mol. The molecule has 2 rings (SSSR count). The molecule has 0 aromatic heterocycles. The van der Waals surface area contributed by atoms with Crippen LogP contribution in [0.3, 0.4) is 0 Å². The van der Waals surface area contributed by atoms with Crippen LogP contribution in [0.4, 0.5) is 0 Å². The molecule has 0 saturated heterocycles. The molecule has 0 bridgehead atoms. The molecule has 0 saturated carbocycles. The number of allylic oxidation sites excluding steroid dienone is 1. The smallest absolute Gasteiger partial charge is 0.331 e. The predicted octanol–water partition coefficient (Wildman–Crippen LogP) is 1.30. The zero-order valence-electron chi connectivity index (χ0n) is 12.4. The fraction of sp³-hybridized carbons (Fsp3) is 0.188. The quantitative estimate of drug-likeness (QED) is 0.495. The van der Waals surface area contributed by atoms with Crippen molar-refractivity contribution in [2.75, 3.05) is 13.4 Å². The van der Waals surface area contributed by atoms with Gasteiger partial charge in [0.25, 0.3) is 0 Å². The minimum Gasteiger partial charge on any atom is -0.454 e. The zero-order chi connectivity index (χ0) is 16.8. The zero-order valence-corrected chi connectivity index (χ0v) is 12.4. The number of carbonyl (C=O) groups excluding carboxylic acids is 2. The molecule has 1 aliphatic rings. The van der Waals surface area contributed by atoms with E-state index in [1.807, 2.05) is 0 Å². The Hall–Kier alpha value is -3.27. The summed E-state index contributed by atoms with van der Waals surface area (Å²) >= 11 is 0. The van der Waals surface area contributed by atoms with Gasteiger partial charge in [0.15, 0.2) is 18.1 Å². The van der Waals surface area contributed by atoms with Crippen molar-refractivity contribution in [3.8, 4) is 17.6 Å². The summed E-state index contributed by atoms with van der Waals surface area (Å²) in [5.41, 5.74) is 5.99. The summed E-state index contributed by atoms with van der Waals surface area (Å²) in [5, 5.41) is 8.78. The summed E-state index contributed by atoms with van der Waals surface area (Å²) in [7, 11) is 0. The molecule has 2 N–H and O–H groups in total. The number of rotatable bonds is 5. The molecule has 1 aromatic carbocycles. The van der Waals surface area contributed by atoms with Gasteiger partial charge < -0.3 is 19.9 Å². The number of nitriles is 1. The van der Waals surface area contributed by atoms with Gasteiger partial charge in [-0.05, 0) is 30.7 Å². The van der Waals surface area contributed by atoms with Crippen molar-refractivity contribution in [2.24, 2.45) is 5.73 Å². The second-order valence-corrected chi connectivity index (χ2v) is 4.65. The van der Waals surface area contributed by atoms with Crippen LogP contribution in [-0.2, 0) is 14.3 Å². The van der Waals surface area contributed by atoms with Crippen LogP contribution in [0.25, 0.3) is 6.08 Å². The van der Waals surface area contributed by atoms with E-state index in [0.717, 1.165) is 0 Å². The Morgan fingerprint density at radius 1 is 1.39 bits per heavy atom. The number of fused-ring (bicyclic) bond motifs is 1.